The molecule has 1 aromatic carbocycles. The summed E-state index contributed by atoms with van der Waals surface area (Å²) in [6.07, 6.45) is 2.37. The van der Waals surface area contributed by atoms with Crippen molar-refractivity contribution in [3.63, 3.8) is 0 Å². The van der Waals surface area contributed by atoms with Gasteiger partial charge in [0, 0.05) is 25.2 Å². The Balaban J connectivity index is 1.24. The number of piperazine rings is 1. The molecule has 1 aliphatic carbocycles. The van der Waals surface area contributed by atoms with Crippen molar-refractivity contribution >= 4 is 17.8 Å². The van der Waals surface area contributed by atoms with Crippen LogP contribution in [0.2, 0.25) is 0 Å². The van der Waals surface area contributed by atoms with Crippen LogP contribution < -0.4 is 5.73 Å². The van der Waals surface area contributed by atoms with Gasteiger partial charge in [0.2, 0.25) is 11.8 Å². The van der Waals surface area contributed by atoms with Crippen LogP contribution in [-0.2, 0) is 9.59 Å². The fourth-order valence-electron chi connectivity index (χ4n) is 5.90. The number of nitrogens with zero attached hydrogens (tertiary/aromatic N) is 4. The Hall–Kier alpha value is -2.96. The van der Waals surface area contributed by atoms with E-state index in [4.69, 9.17) is 5.73 Å². The van der Waals surface area contributed by atoms with E-state index in [9.17, 15) is 24.8 Å². The van der Waals surface area contributed by atoms with Gasteiger partial charge in [0.05, 0.1) is 29.8 Å². The van der Waals surface area contributed by atoms with E-state index in [0.717, 1.165) is 18.4 Å². The third-order valence-electron chi connectivity index (χ3n) is 7.60. The van der Waals surface area contributed by atoms with Crippen molar-refractivity contribution < 1.29 is 19.5 Å². The molecule has 0 radical (unpaired) electrons. The maximum atomic E-state index is 13.2. The second kappa shape index (κ2) is 7.57. The summed E-state index contributed by atoms with van der Waals surface area (Å²) in [5, 5.41) is 18.6. The molecule has 3 heterocycles. The van der Waals surface area contributed by atoms with E-state index in [1.807, 2.05) is 22.8 Å². The Morgan fingerprint density at radius 2 is 2.09 bits per heavy atom. The van der Waals surface area contributed by atoms with Gasteiger partial charge in [-0.1, -0.05) is 12.1 Å². The minimum absolute atomic E-state index is 0.00439. The third kappa shape index (κ3) is 3.26. The molecule has 9 nitrogen and oxygen atoms in total. The van der Waals surface area contributed by atoms with Gasteiger partial charge >= 0.3 is 5.97 Å². The Bertz CT molecular complexity index is 1020. The molecule has 0 aromatic heterocycles. The number of carboxylic acid groups (broad SMARTS) is 1. The number of aromatic carboxylic acids is 1. The van der Waals surface area contributed by atoms with Gasteiger partial charge in [0.1, 0.15) is 6.04 Å². The normalized spacial score (nSPS) is 32.5. The van der Waals surface area contributed by atoms with E-state index >= 15 is 0 Å². The number of likely N-dealkylation sites (tertiary alicyclic amines) is 3. The van der Waals surface area contributed by atoms with Crippen LogP contribution in [0.3, 0.4) is 0 Å². The molecule has 2 bridgehead atoms. The van der Waals surface area contributed by atoms with Crippen LogP contribution >= 0.6 is 0 Å². The highest BCUT2D eigenvalue weighted by Crippen LogP contribution is 2.48. The van der Waals surface area contributed by atoms with E-state index < -0.39 is 12.0 Å². The van der Waals surface area contributed by atoms with Gasteiger partial charge in [0.25, 0.3) is 0 Å². The summed E-state index contributed by atoms with van der Waals surface area (Å²) in [6, 6.07) is 7.39. The predicted octanol–water partition coefficient (Wildman–Crippen LogP) is 0.571. The lowest BCUT2D eigenvalue weighted by Crippen LogP contribution is -2.57. The van der Waals surface area contributed by atoms with E-state index in [1.54, 1.807) is 17.0 Å². The Morgan fingerprint density at radius 3 is 2.78 bits per heavy atom. The maximum Gasteiger partial charge on any atom is 0.335 e. The molecular weight excluding hydrogens is 410 g/mol. The summed E-state index contributed by atoms with van der Waals surface area (Å²) in [7, 11) is 0. The smallest absolute Gasteiger partial charge is 0.335 e. The van der Waals surface area contributed by atoms with E-state index in [2.05, 4.69) is 6.07 Å². The molecular formula is C23H27N5O4. The summed E-state index contributed by atoms with van der Waals surface area (Å²) in [5.41, 5.74) is 7.25. The molecule has 1 aromatic rings. The monoisotopic (exact) mass is 437 g/mol. The van der Waals surface area contributed by atoms with Crippen LogP contribution in [0.25, 0.3) is 0 Å². The number of nitriles is 1. The van der Waals surface area contributed by atoms with Gasteiger partial charge in [-0.05, 0) is 49.8 Å². The average molecular weight is 438 g/mol. The fraction of sp³-hybridized carbons (Fsp3) is 0.565. The molecule has 3 aliphatic heterocycles. The van der Waals surface area contributed by atoms with Gasteiger partial charge in [-0.25, -0.2) is 4.79 Å². The van der Waals surface area contributed by atoms with Crippen LogP contribution in [0.4, 0.5) is 0 Å². The first-order valence-electron chi connectivity index (χ1n) is 11.2. The second-order valence-corrected chi connectivity index (χ2v) is 9.51. The van der Waals surface area contributed by atoms with Gasteiger partial charge in [0.15, 0.2) is 0 Å². The molecule has 7 atom stereocenters. The maximum absolute atomic E-state index is 13.2. The predicted molar refractivity (Wildman–Crippen MR) is 113 cm³/mol. The van der Waals surface area contributed by atoms with Crippen molar-refractivity contribution in [1.82, 2.24) is 14.7 Å². The lowest BCUT2D eigenvalue weighted by molar-refractivity contribution is -0.141. The number of carbonyl (C=O) groups is 3. The first kappa shape index (κ1) is 20.9. The fourth-order valence-corrected chi connectivity index (χ4v) is 5.90. The van der Waals surface area contributed by atoms with Crippen LogP contribution in [0.5, 0.6) is 0 Å². The lowest BCUT2D eigenvalue weighted by Gasteiger charge is -2.38. The number of hydrogen-bond donors (Lipinski definition) is 2. The lowest BCUT2D eigenvalue weighted by atomic mass is 10.0. The van der Waals surface area contributed by atoms with Crippen LogP contribution in [-0.4, -0.2) is 80.9 Å². The molecule has 4 aliphatic rings. The van der Waals surface area contributed by atoms with Gasteiger partial charge in [-0.3, -0.25) is 14.5 Å². The molecule has 9 heteroatoms. The summed E-state index contributed by atoms with van der Waals surface area (Å²) < 4.78 is 0. The minimum Gasteiger partial charge on any atom is -0.478 e. The number of rotatable bonds is 6. The minimum atomic E-state index is -0.993. The van der Waals surface area contributed by atoms with Crippen LogP contribution in [0, 0.1) is 17.2 Å². The van der Waals surface area contributed by atoms with E-state index in [-0.39, 0.29) is 47.6 Å². The Morgan fingerprint density at radius 1 is 1.31 bits per heavy atom. The van der Waals surface area contributed by atoms with Crippen molar-refractivity contribution in [1.29, 1.82) is 5.26 Å². The number of carboxylic acids is 1. The van der Waals surface area contributed by atoms with Crippen molar-refractivity contribution in [2.24, 2.45) is 11.7 Å². The van der Waals surface area contributed by atoms with Crippen molar-refractivity contribution in [2.75, 3.05) is 13.1 Å². The number of piperidine rings is 1. The van der Waals surface area contributed by atoms with Gasteiger partial charge in [-0.2, -0.15) is 5.26 Å². The molecule has 2 amide bonds. The number of amides is 2. The molecule has 3 N–H and O–H groups in total. The third-order valence-corrected chi connectivity index (χ3v) is 7.60. The molecule has 168 valence electrons. The van der Waals surface area contributed by atoms with Gasteiger partial charge in [-0.15, -0.1) is 0 Å². The zero-order chi connectivity index (χ0) is 22.7. The summed E-state index contributed by atoms with van der Waals surface area (Å²) in [4.78, 5) is 42.9. The topological polar surface area (TPSA) is 131 Å². The molecule has 3 saturated heterocycles. The molecule has 1 saturated carbocycles. The zero-order valence-corrected chi connectivity index (χ0v) is 17.9. The quantitative estimate of drug-likeness (QED) is 0.665. The summed E-state index contributed by atoms with van der Waals surface area (Å²) in [6.45, 7) is 2.85. The van der Waals surface area contributed by atoms with Crippen molar-refractivity contribution in [2.45, 2.75) is 62.4 Å². The highest BCUT2D eigenvalue weighted by atomic mass is 16.4. The molecule has 4 fully saturated rings. The molecule has 32 heavy (non-hydrogen) atoms. The largest absolute Gasteiger partial charge is 0.478 e. The highest BCUT2D eigenvalue weighted by molar-refractivity contribution is 5.89. The van der Waals surface area contributed by atoms with Crippen molar-refractivity contribution in [3.8, 4) is 6.07 Å². The highest BCUT2D eigenvalue weighted by Gasteiger charge is 2.56. The average Bonchev–Trinajstić information content (AvgIpc) is 3.11. The summed E-state index contributed by atoms with van der Waals surface area (Å²) >= 11 is 0. The molecule has 5 rings (SSSR count). The van der Waals surface area contributed by atoms with Crippen LogP contribution in [0.1, 0.15) is 48.1 Å². The number of benzene rings is 1. The first-order chi connectivity index (χ1) is 15.3. The number of carbonyl (C=O) groups excluding carboxylic acids is 2. The molecule has 0 spiro atoms. The zero-order valence-electron chi connectivity index (χ0n) is 17.9. The van der Waals surface area contributed by atoms with E-state index in [0.29, 0.717) is 25.4 Å². The van der Waals surface area contributed by atoms with E-state index in [1.165, 1.54) is 6.07 Å². The Labute approximate surface area is 186 Å². The second-order valence-electron chi connectivity index (χ2n) is 9.51. The van der Waals surface area contributed by atoms with Gasteiger partial charge < -0.3 is 20.6 Å². The number of fused-ring (bicyclic) bond motifs is 3. The number of nitrogens with two attached hydrogens (primary N) is 1. The SMILES string of the molecule is C[C@H](c1cccc(C(=O)O)c1)N1C(=O)[C@@H]2C[C@H]1CN2C[C@H](N)C(=O)N1[C@H](C#N)CC2C[C@@H]21. The van der Waals surface area contributed by atoms with Crippen LogP contribution in [0.15, 0.2) is 24.3 Å². The standard InChI is InChI=1S/C23H27N5O4/c1-12(13-3-2-4-14(5-13)23(31)32)27-17-8-20(22(27)30)26(10-17)11-18(25)21(29)28-16(9-24)6-15-7-19(15)28/h2-5,12,15-20H,6-8,10-11,25H2,1H3,(H,31,32)/t12-,15?,16+,17+,18+,19+,20+/m1/s1. The Kier molecular flexibility index (Phi) is 4.95. The summed E-state index contributed by atoms with van der Waals surface area (Å²) in [5.74, 6) is -0.748. The number of hydrogen-bond acceptors (Lipinski definition) is 6. The first-order valence-corrected chi connectivity index (χ1v) is 11.2. The van der Waals surface area contributed by atoms with Crippen molar-refractivity contribution in [3.05, 3.63) is 35.4 Å². The molecule has 1 unspecified atom stereocenters.